The standard InChI is InChI=1S/C12H24N2O3/c1-10(13-11(8-15)9-17-2)12(16)14-6-4-3-5-7-14/h10-11,13,15H,3-9H2,1-2H3. The minimum Gasteiger partial charge on any atom is -0.395 e. The van der Waals surface area contributed by atoms with Gasteiger partial charge >= 0.3 is 0 Å². The number of methoxy groups -OCH3 is 1. The maximum absolute atomic E-state index is 12.1. The molecule has 1 aliphatic rings. The van der Waals surface area contributed by atoms with Crippen LogP contribution >= 0.6 is 0 Å². The number of hydrogen-bond donors (Lipinski definition) is 2. The lowest BCUT2D eigenvalue weighted by Gasteiger charge is -2.30. The summed E-state index contributed by atoms with van der Waals surface area (Å²) in [5, 5.41) is 12.2. The monoisotopic (exact) mass is 244 g/mol. The van der Waals surface area contributed by atoms with Crippen LogP contribution in [-0.2, 0) is 9.53 Å². The first kappa shape index (κ1) is 14.4. The SMILES string of the molecule is COCC(CO)NC(C)C(=O)N1CCCCC1. The molecule has 2 N–H and O–H groups in total. The topological polar surface area (TPSA) is 61.8 Å². The Morgan fingerprint density at radius 2 is 2.06 bits per heavy atom. The van der Waals surface area contributed by atoms with Gasteiger partial charge < -0.3 is 14.7 Å². The molecule has 1 fully saturated rings. The number of nitrogens with zero attached hydrogens (tertiary/aromatic N) is 1. The number of likely N-dealkylation sites (tertiary alicyclic amines) is 1. The number of rotatable bonds is 6. The first-order chi connectivity index (χ1) is 8.19. The van der Waals surface area contributed by atoms with Gasteiger partial charge in [-0.3, -0.25) is 10.1 Å². The fourth-order valence-electron chi connectivity index (χ4n) is 2.17. The summed E-state index contributed by atoms with van der Waals surface area (Å²) in [7, 11) is 1.58. The minimum atomic E-state index is -0.264. The fourth-order valence-corrected chi connectivity index (χ4v) is 2.17. The van der Waals surface area contributed by atoms with E-state index in [2.05, 4.69) is 5.32 Å². The van der Waals surface area contributed by atoms with E-state index in [9.17, 15) is 4.79 Å². The maximum Gasteiger partial charge on any atom is 0.239 e. The summed E-state index contributed by atoms with van der Waals surface area (Å²) in [6.07, 6.45) is 3.41. The predicted octanol–water partition coefficient (Wildman–Crippen LogP) is -0.0157. The third-order valence-electron chi connectivity index (χ3n) is 3.11. The molecule has 0 spiro atoms. The van der Waals surface area contributed by atoms with E-state index in [0.717, 1.165) is 25.9 Å². The quantitative estimate of drug-likeness (QED) is 0.689. The van der Waals surface area contributed by atoms with E-state index in [1.807, 2.05) is 11.8 Å². The van der Waals surface area contributed by atoms with Gasteiger partial charge in [-0.2, -0.15) is 0 Å². The van der Waals surface area contributed by atoms with Crippen LogP contribution in [0.25, 0.3) is 0 Å². The van der Waals surface area contributed by atoms with E-state index in [1.165, 1.54) is 6.42 Å². The van der Waals surface area contributed by atoms with Crippen molar-refractivity contribution in [1.82, 2.24) is 10.2 Å². The summed E-state index contributed by atoms with van der Waals surface area (Å²) in [6, 6.07) is -0.441. The third-order valence-corrected chi connectivity index (χ3v) is 3.11. The number of nitrogens with one attached hydrogen (secondary N) is 1. The van der Waals surface area contributed by atoms with E-state index in [0.29, 0.717) is 6.61 Å². The summed E-state index contributed by atoms with van der Waals surface area (Å²) in [4.78, 5) is 14.0. The van der Waals surface area contributed by atoms with Gasteiger partial charge in [-0.05, 0) is 26.2 Å². The van der Waals surface area contributed by atoms with E-state index < -0.39 is 0 Å². The van der Waals surface area contributed by atoms with Gasteiger partial charge in [-0.25, -0.2) is 0 Å². The summed E-state index contributed by atoms with van der Waals surface area (Å²) in [5.41, 5.74) is 0. The van der Waals surface area contributed by atoms with Gasteiger partial charge in [-0.1, -0.05) is 0 Å². The van der Waals surface area contributed by atoms with Crippen molar-refractivity contribution >= 4 is 5.91 Å². The molecular formula is C12H24N2O3. The molecule has 1 rings (SSSR count). The first-order valence-electron chi connectivity index (χ1n) is 6.33. The number of aliphatic hydroxyl groups excluding tert-OH is 1. The van der Waals surface area contributed by atoms with Gasteiger partial charge in [0.05, 0.1) is 25.3 Å². The van der Waals surface area contributed by atoms with Gasteiger partial charge in [-0.15, -0.1) is 0 Å². The van der Waals surface area contributed by atoms with Crippen LogP contribution in [0, 0.1) is 0 Å². The summed E-state index contributed by atoms with van der Waals surface area (Å²) < 4.78 is 4.97. The number of carbonyl (C=O) groups is 1. The smallest absolute Gasteiger partial charge is 0.239 e. The van der Waals surface area contributed by atoms with Crippen LogP contribution in [0.1, 0.15) is 26.2 Å². The Morgan fingerprint density at radius 3 is 2.59 bits per heavy atom. The molecule has 0 saturated carbocycles. The average Bonchev–Trinajstić information content (AvgIpc) is 2.38. The summed E-state index contributed by atoms with van der Waals surface area (Å²) >= 11 is 0. The van der Waals surface area contributed by atoms with Crippen molar-refractivity contribution in [2.75, 3.05) is 33.4 Å². The molecule has 0 aromatic carbocycles. The Balaban J connectivity index is 2.39. The normalized spacial score (nSPS) is 20.1. The van der Waals surface area contributed by atoms with E-state index in [4.69, 9.17) is 9.84 Å². The number of amides is 1. The number of aliphatic hydroxyl groups is 1. The Kier molecular flexibility index (Phi) is 6.47. The largest absolute Gasteiger partial charge is 0.395 e. The van der Waals surface area contributed by atoms with Gasteiger partial charge in [0.1, 0.15) is 0 Å². The molecule has 1 aliphatic heterocycles. The number of piperidine rings is 1. The molecule has 0 aromatic heterocycles. The molecule has 0 bridgehead atoms. The highest BCUT2D eigenvalue weighted by molar-refractivity contribution is 5.81. The van der Waals surface area contributed by atoms with Crippen LogP contribution in [0.2, 0.25) is 0 Å². The summed E-state index contributed by atoms with van der Waals surface area (Å²) in [6.45, 7) is 3.95. The highest BCUT2D eigenvalue weighted by Crippen LogP contribution is 2.10. The van der Waals surface area contributed by atoms with Gasteiger partial charge in [0, 0.05) is 20.2 Å². The van der Waals surface area contributed by atoms with E-state index in [-0.39, 0.29) is 24.6 Å². The lowest BCUT2D eigenvalue weighted by Crippen LogP contribution is -2.51. The molecular weight excluding hydrogens is 220 g/mol. The second kappa shape index (κ2) is 7.63. The van der Waals surface area contributed by atoms with Crippen molar-refractivity contribution in [2.45, 2.75) is 38.3 Å². The molecule has 1 saturated heterocycles. The molecule has 5 nitrogen and oxygen atoms in total. The zero-order chi connectivity index (χ0) is 12.7. The third kappa shape index (κ3) is 4.61. The number of hydrogen-bond acceptors (Lipinski definition) is 4. The highest BCUT2D eigenvalue weighted by Gasteiger charge is 2.23. The molecule has 1 amide bonds. The Hall–Kier alpha value is -0.650. The van der Waals surface area contributed by atoms with Crippen molar-refractivity contribution in [3.63, 3.8) is 0 Å². The average molecular weight is 244 g/mol. The van der Waals surface area contributed by atoms with Crippen molar-refractivity contribution in [3.8, 4) is 0 Å². The second-order valence-electron chi connectivity index (χ2n) is 4.61. The molecule has 1 heterocycles. The molecule has 0 aromatic rings. The van der Waals surface area contributed by atoms with Crippen molar-refractivity contribution in [2.24, 2.45) is 0 Å². The van der Waals surface area contributed by atoms with Crippen LogP contribution in [-0.4, -0.2) is 61.4 Å². The molecule has 5 heteroatoms. The Labute approximate surface area is 103 Å². The Bertz CT molecular complexity index is 230. The van der Waals surface area contributed by atoms with Crippen LogP contribution in [0.5, 0.6) is 0 Å². The van der Waals surface area contributed by atoms with Gasteiger partial charge in [0.2, 0.25) is 5.91 Å². The Morgan fingerprint density at radius 1 is 1.41 bits per heavy atom. The number of ether oxygens (including phenoxy) is 1. The maximum atomic E-state index is 12.1. The molecule has 2 atom stereocenters. The fraction of sp³-hybridized carbons (Fsp3) is 0.917. The molecule has 0 aliphatic carbocycles. The van der Waals surface area contributed by atoms with Crippen LogP contribution in [0.4, 0.5) is 0 Å². The van der Waals surface area contributed by atoms with Crippen LogP contribution in [0.15, 0.2) is 0 Å². The highest BCUT2D eigenvalue weighted by atomic mass is 16.5. The molecule has 0 radical (unpaired) electrons. The van der Waals surface area contributed by atoms with E-state index >= 15 is 0 Å². The lowest BCUT2D eigenvalue weighted by molar-refractivity contribution is -0.134. The summed E-state index contributed by atoms with van der Waals surface area (Å²) in [5.74, 6) is 0.124. The zero-order valence-corrected chi connectivity index (χ0v) is 10.8. The zero-order valence-electron chi connectivity index (χ0n) is 10.8. The van der Waals surface area contributed by atoms with Crippen LogP contribution < -0.4 is 5.32 Å². The van der Waals surface area contributed by atoms with E-state index in [1.54, 1.807) is 7.11 Å². The van der Waals surface area contributed by atoms with Crippen LogP contribution in [0.3, 0.4) is 0 Å². The van der Waals surface area contributed by atoms with Gasteiger partial charge in [0.25, 0.3) is 0 Å². The predicted molar refractivity (Wildman–Crippen MR) is 65.8 cm³/mol. The molecule has 100 valence electrons. The van der Waals surface area contributed by atoms with Crippen molar-refractivity contribution in [1.29, 1.82) is 0 Å². The first-order valence-corrected chi connectivity index (χ1v) is 6.33. The minimum absolute atomic E-state index is 0.0224. The van der Waals surface area contributed by atoms with Crippen molar-refractivity contribution in [3.05, 3.63) is 0 Å². The second-order valence-corrected chi connectivity index (χ2v) is 4.61. The molecule has 17 heavy (non-hydrogen) atoms. The van der Waals surface area contributed by atoms with Gasteiger partial charge in [0.15, 0.2) is 0 Å². The number of carbonyl (C=O) groups excluding carboxylic acids is 1. The van der Waals surface area contributed by atoms with Crippen molar-refractivity contribution < 1.29 is 14.6 Å². The lowest BCUT2D eigenvalue weighted by atomic mass is 10.1. The molecule has 2 unspecified atom stereocenters.